The summed E-state index contributed by atoms with van der Waals surface area (Å²) in [5.41, 5.74) is 8.66. The Bertz CT molecular complexity index is 1180. The molecule has 0 aliphatic rings. The summed E-state index contributed by atoms with van der Waals surface area (Å²) in [6.45, 7) is 2.08. The largest absolute Gasteiger partial charge is 0.465 e. The van der Waals surface area contributed by atoms with Crippen LogP contribution in [-0.2, 0) is 16.0 Å². The first-order valence-electron chi connectivity index (χ1n) is 10.1. The van der Waals surface area contributed by atoms with E-state index in [2.05, 4.69) is 4.98 Å². The zero-order valence-corrected chi connectivity index (χ0v) is 17.2. The van der Waals surface area contributed by atoms with Gasteiger partial charge >= 0.3 is 5.97 Å². The molecule has 0 radical (unpaired) electrons. The zero-order valence-electron chi connectivity index (χ0n) is 17.2. The second kappa shape index (κ2) is 9.36. The van der Waals surface area contributed by atoms with Gasteiger partial charge in [0.05, 0.1) is 17.7 Å². The molecule has 2 N–H and O–H groups in total. The van der Waals surface area contributed by atoms with Crippen LogP contribution in [0.4, 0.5) is 0 Å². The third kappa shape index (κ3) is 4.87. The molecule has 0 fully saturated rings. The predicted octanol–water partition coefficient (Wildman–Crippen LogP) is 4.52. The number of benzene rings is 2. The van der Waals surface area contributed by atoms with E-state index >= 15 is 0 Å². The summed E-state index contributed by atoms with van der Waals surface area (Å²) in [6.07, 6.45) is 3.90. The van der Waals surface area contributed by atoms with E-state index in [1.54, 1.807) is 19.3 Å². The molecule has 0 amide bonds. The Balaban J connectivity index is 1.59. The molecule has 4 aromatic rings. The maximum Gasteiger partial charge on any atom is 0.323 e. The number of carbonyl (C=O) groups is 1. The molecule has 31 heavy (non-hydrogen) atoms. The van der Waals surface area contributed by atoms with E-state index in [0.29, 0.717) is 24.7 Å². The molecule has 1 atom stereocenters. The number of fused-ring (bicyclic) bond motifs is 1. The van der Waals surface area contributed by atoms with Crippen LogP contribution in [0.2, 0.25) is 0 Å². The Morgan fingerprint density at radius 1 is 1.06 bits per heavy atom. The van der Waals surface area contributed by atoms with Crippen molar-refractivity contribution in [2.75, 3.05) is 6.61 Å². The van der Waals surface area contributed by atoms with Crippen molar-refractivity contribution in [1.29, 1.82) is 0 Å². The Morgan fingerprint density at radius 3 is 2.58 bits per heavy atom. The SMILES string of the molecule is CCOC(=O)[C@@H](N)Cc1ccc(Oc2nc(-c3ccccc3)cc3ccncc23)cc1. The van der Waals surface area contributed by atoms with Gasteiger partial charge in [0.1, 0.15) is 11.8 Å². The first kappa shape index (κ1) is 20.5. The van der Waals surface area contributed by atoms with Crippen molar-refractivity contribution in [2.24, 2.45) is 5.73 Å². The van der Waals surface area contributed by atoms with Crippen LogP contribution in [0.1, 0.15) is 12.5 Å². The van der Waals surface area contributed by atoms with Gasteiger partial charge in [-0.3, -0.25) is 9.78 Å². The second-order valence-electron chi connectivity index (χ2n) is 7.08. The summed E-state index contributed by atoms with van der Waals surface area (Å²) in [5, 5.41) is 1.83. The second-order valence-corrected chi connectivity index (χ2v) is 7.08. The van der Waals surface area contributed by atoms with Crippen molar-refractivity contribution >= 4 is 16.7 Å². The highest BCUT2D eigenvalue weighted by molar-refractivity contribution is 5.89. The van der Waals surface area contributed by atoms with Gasteiger partial charge in [0.2, 0.25) is 5.88 Å². The molecule has 2 heterocycles. The molecule has 0 saturated carbocycles. The molecule has 6 nitrogen and oxygen atoms in total. The molecule has 4 rings (SSSR count). The van der Waals surface area contributed by atoms with E-state index in [1.165, 1.54) is 0 Å². The maximum absolute atomic E-state index is 11.7. The van der Waals surface area contributed by atoms with Crippen LogP contribution < -0.4 is 10.5 Å². The van der Waals surface area contributed by atoms with Gasteiger partial charge in [-0.2, -0.15) is 0 Å². The van der Waals surface area contributed by atoms with E-state index in [1.807, 2.05) is 66.7 Å². The standard InChI is InChI=1S/C25H23N3O3/c1-2-30-25(29)22(26)14-17-8-10-20(11-9-17)31-24-21-16-27-13-12-19(21)15-23(28-24)18-6-4-3-5-7-18/h3-13,15-16,22H,2,14,26H2,1H3/t22-/m0/s1. The van der Waals surface area contributed by atoms with Crippen LogP contribution in [0.25, 0.3) is 22.0 Å². The lowest BCUT2D eigenvalue weighted by Crippen LogP contribution is -2.34. The van der Waals surface area contributed by atoms with Crippen LogP contribution in [-0.4, -0.2) is 28.6 Å². The lowest BCUT2D eigenvalue weighted by Gasteiger charge is -2.12. The maximum atomic E-state index is 11.7. The number of hydrogen-bond acceptors (Lipinski definition) is 6. The molecule has 0 saturated heterocycles. The van der Waals surface area contributed by atoms with Crippen molar-refractivity contribution in [2.45, 2.75) is 19.4 Å². The fourth-order valence-corrected chi connectivity index (χ4v) is 3.29. The van der Waals surface area contributed by atoms with Gasteiger partial charge in [0, 0.05) is 18.0 Å². The molecule has 0 aliphatic carbocycles. The van der Waals surface area contributed by atoms with Crippen molar-refractivity contribution in [3.05, 3.63) is 84.7 Å². The van der Waals surface area contributed by atoms with Gasteiger partial charge in [-0.05, 0) is 48.6 Å². The number of carbonyl (C=O) groups excluding carboxylic acids is 1. The van der Waals surface area contributed by atoms with Gasteiger partial charge < -0.3 is 15.2 Å². The van der Waals surface area contributed by atoms with Gasteiger partial charge in [0.25, 0.3) is 0 Å². The highest BCUT2D eigenvalue weighted by Gasteiger charge is 2.15. The smallest absolute Gasteiger partial charge is 0.323 e. The number of nitrogens with two attached hydrogens (primary N) is 1. The first-order valence-corrected chi connectivity index (χ1v) is 10.1. The van der Waals surface area contributed by atoms with E-state index < -0.39 is 12.0 Å². The summed E-state index contributed by atoms with van der Waals surface area (Å²) in [6, 6.07) is 20.7. The average Bonchev–Trinajstić information content (AvgIpc) is 2.81. The summed E-state index contributed by atoms with van der Waals surface area (Å²) >= 11 is 0. The fraction of sp³-hybridized carbons (Fsp3) is 0.160. The van der Waals surface area contributed by atoms with Gasteiger partial charge in [-0.1, -0.05) is 42.5 Å². The number of rotatable bonds is 7. The predicted molar refractivity (Wildman–Crippen MR) is 120 cm³/mol. The number of pyridine rings is 2. The number of esters is 1. The van der Waals surface area contributed by atoms with E-state index in [4.69, 9.17) is 20.2 Å². The van der Waals surface area contributed by atoms with Crippen LogP contribution >= 0.6 is 0 Å². The zero-order chi connectivity index (χ0) is 21.6. The summed E-state index contributed by atoms with van der Waals surface area (Å²) in [7, 11) is 0. The van der Waals surface area contributed by atoms with Gasteiger partial charge in [0.15, 0.2) is 0 Å². The highest BCUT2D eigenvalue weighted by atomic mass is 16.5. The topological polar surface area (TPSA) is 87.3 Å². The molecular weight excluding hydrogens is 390 g/mol. The Hall–Kier alpha value is -3.77. The number of nitrogens with zero attached hydrogens (tertiary/aromatic N) is 2. The number of hydrogen-bond donors (Lipinski definition) is 1. The van der Waals surface area contributed by atoms with E-state index in [0.717, 1.165) is 27.6 Å². The van der Waals surface area contributed by atoms with Crippen LogP contribution in [0.5, 0.6) is 11.6 Å². The number of ether oxygens (including phenoxy) is 2. The minimum atomic E-state index is -0.689. The third-order valence-corrected chi connectivity index (χ3v) is 4.85. The molecule has 156 valence electrons. The molecule has 2 aromatic carbocycles. The van der Waals surface area contributed by atoms with Crippen molar-refractivity contribution < 1.29 is 14.3 Å². The quantitative estimate of drug-likeness (QED) is 0.448. The van der Waals surface area contributed by atoms with Crippen LogP contribution in [0.3, 0.4) is 0 Å². The average molecular weight is 413 g/mol. The Labute approximate surface area is 180 Å². The summed E-state index contributed by atoms with van der Waals surface area (Å²) < 4.78 is 11.1. The fourth-order valence-electron chi connectivity index (χ4n) is 3.29. The lowest BCUT2D eigenvalue weighted by molar-refractivity contribution is -0.144. The Morgan fingerprint density at radius 2 is 1.84 bits per heavy atom. The van der Waals surface area contributed by atoms with E-state index in [-0.39, 0.29) is 0 Å². The minimum Gasteiger partial charge on any atom is -0.465 e. The van der Waals surface area contributed by atoms with Crippen molar-refractivity contribution in [1.82, 2.24) is 9.97 Å². The molecule has 6 heteroatoms. The minimum absolute atomic E-state index is 0.317. The lowest BCUT2D eigenvalue weighted by atomic mass is 10.1. The molecule has 0 aliphatic heterocycles. The van der Waals surface area contributed by atoms with Crippen molar-refractivity contribution in [3.63, 3.8) is 0 Å². The van der Waals surface area contributed by atoms with Gasteiger partial charge in [-0.25, -0.2) is 4.98 Å². The molecule has 0 spiro atoms. The van der Waals surface area contributed by atoms with E-state index in [9.17, 15) is 4.79 Å². The summed E-state index contributed by atoms with van der Waals surface area (Å²) in [4.78, 5) is 20.7. The normalized spacial score (nSPS) is 11.8. The monoisotopic (exact) mass is 413 g/mol. The third-order valence-electron chi connectivity index (χ3n) is 4.85. The van der Waals surface area contributed by atoms with Crippen LogP contribution in [0.15, 0.2) is 79.1 Å². The molecule has 0 unspecified atom stereocenters. The molecular formula is C25H23N3O3. The first-order chi connectivity index (χ1) is 15.1. The number of aromatic nitrogens is 2. The Kier molecular flexibility index (Phi) is 6.19. The highest BCUT2D eigenvalue weighted by Crippen LogP contribution is 2.31. The van der Waals surface area contributed by atoms with Crippen molar-refractivity contribution in [3.8, 4) is 22.9 Å². The molecule has 0 bridgehead atoms. The van der Waals surface area contributed by atoms with Gasteiger partial charge in [-0.15, -0.1) is 0 Å². The van der Waals surface area contributed by atoms with Crippen LogP contribution in [0, 0.1) is 0 Å². The summed E-state index contributed by atoms with van der Waals surface area (Å²) in [5.74, 6) is 0.723. The molecule has 2 aromatic heterocycles.